The number of halogens is 2. The number of imidazole rings is 1. The lowest BCUT2D eigenvalue weighted by Crippen LogP contribution is -2.59. The van der Waals surface area contributed by atoms with Gasteiger partial charge in [0.1, 0.15) is 6.61 Å². The largest absolute Gasteiger partial charge is 0.375 e. The van der Waals surface area contributed by atoms with Crippen molar-refractivity contribution in [3.05, 3.63) is 53.1 Å². The Morgan fingerprint density at radius 2 is 2.00 bits per heavy atom. The van der Waals surface area contributed by atoms with Gasteiger partial charge < -0.3 is 19.5 Å². The van der Waals surface area contributed by atoms with E-state index in [0.717, 1.165) is 17.5 Å². The van der Waals surface area contributed by atoms with Crippen LogP contribution in [-0.4, -0.2) is 64.9 Å². The lowest BCUT2D eigenvalue weighted by molar-refractivity contribution is -0.145. The third kappa shape index (κ3) is 3.19. The first-order valence-electron chi connectivity index (χ1n) is 9.53. The zero-order chi connectivity index (χ0) is 20.6. The van der Waals surface area contributed by atoms with E-state index in [0.29, 0.717) is 38.9 Å². The maximum Gasteiger partial charge on any atom is 0.256 e. The van der Waals surface area contributed by atoms with Gasteiger partial charge in [-0.15, -0.1) is 0 Å². The molecule has 0 saturated carbocycles. The van der Waals surface area contributed by atoms with E-state index >= 15 is 0 Å². The zero-order valence-corrected chi connectivity index (χ0v) is 16.1. The number of hydrogen-bond acceptors (Lipinski definition) is 4. The van der Waals surface area contributed by atoms with Gasteiger partial charge in [-0.3, -0.25) is 9.59 Å². The van der Waals surface area contributed by atoms with Crippen molar-refractivity contribution in [2.45, 2.75) is 24.8 Å². The average Bonchev–Trinajstić information content (AvgIpc) is 3.21. The lowest BCUT2D eigenvalue weighted by atomic mass is 9.78. The van der Waals surface area contributed by atoms with Gasteiger partial charge in [-0.05, 0) is 25.0 Å². The van der Waals surface area contributed by atoms with Crippen molar-refractivity contribution in [1.82, 2.24) is 19.8 Å². The second-order valence-corrected chi connectivity index (χ2v) is 7.38. The Kier molecular flexibility index (Phi) is 5.08. The highest BCUT2D eigenvalue weighted by molar-refractivity contribution is 5.94. The molecule has 1 spiro atoms. The highest BCUT2D eigenvalue weighted by Crippen LogP contribution is 2.42. The Hall–Kier alpha value is -2.81. The van der Waals surface area contributed by atoms with E-state index in [1.165, 1.54) is 24.1 Å². The van der Waals surface area contributed by atoms with E-state index in [4.69, 9.17) is 4.74 Å². The summed E-state index contributed by atoms with van der Waals surface area (Å²) in [6, 6.07) is 3.59. The van der Waals surface area contributed by atoms with Crippen LogP contribution in [0.1, 0.15) is 34.6 Å². The molecule has 0 bridgehead atoms. The number of aromatic nitrogens is 2. The molecule has 1 aromatic carbocycles. The van der Waals surface area contributed by atoms with Crippen molar-refractivity contribution >= 4 is 11.8 Å². The number of ether oxygens (including phenoxy) is 1. The molecule has 7 nitrogen and oxygen atoms in total. The molecule has 2 aromatic rings. The fourth-order valence-electron chi connectivity index (χ4n) is 4.47. The van der Waals surface area contributed by atoms with Crippen LogP contribution in [0, 0.1) is 11.6 Å². The van der Waals surface area contributed by atoms with Gasteiger partial charge in [-0.1, -0.05) is 6.07 Å². The third-order valence-electron chi connectivity index (χ3n) is 5.89. The number of benzene rings is 1. The summed E-state index contributed by atoms with van der Waals surface area (Å²) in [5.74, 6) is -2.86. The first-order chi connectivity index (χ1) is 14.0. The number of amides is 2. The smallest absolute Gasteiger partial charge is 0.256 e. The van der Waals surface area contributed by atoms with Gasteiger partial charge in [0, 0.05) is 38.9 Å². The summed E-state index contributed by atoms with van der Waals surface area (Å²) in [6.07, 6.45) is 3.21. The van der Waals surface area contributed by atoms with Crippen LogP contribution in [-0.2, 0) is 21.5 Å². The van der Waals surface area contributed by atoms with Crippen LogP contribution in [0.3, 0.4) is 0 Å². The first-order valence-corrected chi connectivity index (χ1v) is 9.53. The summed E-state index contributed by atoms with van der Waals surface area (Å²) in [6.45, 7) is 1.11. The molecule has 1 saturated heterocycles. The van der Waals surface area contributed by atoms with Crippen molar-refractivity contribution < 1.29 is 23.1 Å². The number of carbonyl (C=O) groups excluding carboxylic acids is 2. The number of fused-ring (bicyclic) bond motifs is 2. The third-order valence-corrected chi connectivity index (χ3v) is 5.89. The van der Waals surface area contributed by atoms with E-state index in [9.17, 15) is 18.4 Å². The standard InChI is InChI=1S/C20H22F2N4O3/c1-29-11-16(27)26-8-5-15-18(24-12-23-15)20(26)6-9-25(10-7-20)19(28)13-3-2-4-14(21)17(13)22/h2-4,12H,5-11H2,1H3,(H,23,24). The first kappa shape index (κ1) is 19.5. The van der Waals surface area contributed by atoms with E-state index < -0.39 is 23.1 Å². The molecule has 2 aliphatic heterocycles. The molecule has 3 heterocycles. The van der Waals surface area contributed by atoms with Gasteiger partial charge in [0.15, 0.2) is 11.6 Å². The number of nitrogens with zero attached hydrogens (tertiary/aromatic N) is 3. The molecule has 0 radical (unpaired) electrons. The van der Waals surface area contributed by atoms with Gasteiger partial charge in [0.25, 0.3) is 5.91 Å². The average molecular weight is 404 g/mol. The number of aromatic amines is 1. The van der Waals surface area contributed by atoms with E-state index in [1.807, 2.05) is 0 Å². The van der Waals surface area contributed by atoms with Crippen LogP contribution < -0.4 is 0 Å². The second kappa shape index (κ2) is 7.55. The summed E-state index contributed by atoms with van der Waals surface area (Å²) in [7, 11) is 1.48. The number of carbonyl (C=O) groups is 2. The van der Waals surface area contributed by atoms with Crippen LogP contribution in [0.2, 0.25) is 0 Å². The highest BCUT2D eigenvalue weighted by Gasteiger charge is 2.49. The van der Waals surface area contributed by atoms with Gasteiger partial charge in [0.05, 0.1) is 23.1 Å². The Balaban J connectivity index is 1.59. The molecule has 0 unspecified atom stereocenters. The Bertz CT molecular complexity index is 938. The minimum atomic E-state index is -1.14. The van der Waals surface area contributed by atoms with E-state index in [-0.39, 0.29) is 18.1 Å². The SMILES string of the molecule is COCC(=O)N1CCc2[nH]cnc2C12CCN(C(=O)c1cccc(F)c1F)CC2. The predicted octanol–water partition coefficient (Wildman–Crippen LogP) is 1.85. The molecule has 9 heteroatoms. The Morgan fingerprint density at radius 3 is 2.72 bits per heavy atom. The number of H-pyrrole nitrogens is 1. The van der Waals surface area contributed by atoms with E-state index in [2.05, 4.69) is 9.97 Å². The molecular weight excluding hydrogens is 382 g/mol. The molecule has 4 rings (SSSR count). The molecule has 1 N–H and O–H groups in total. The van der Waals surface area contributed by atoms with Gasteiger partial charge >= 0.3 is 0 Å². The predicted molar refractivity (Wildman–Crippen MR) is 99.1 cm³/mol. The molecule has 0 aliphatic carbocycles. The maximum atomic E-state index is 14.1. The molecule has 0 atom stereocenters. The molecule has 2 amide bonds. The second-order valence-electron chi connectivity index (χ2n) is 7.38. The van der Waals surface area contributed by atoms with Crippen molar-refractivity contribution in [1.29, 1.82) is 0 Å². The molecular formula is C20H22F2N4O3. The van der Waals surface area contributed by atoms with Crippen LogP contribution in [0.15, 0.2) is 24.5 Å². The monoisotopic (exact) mass is 404 g/mol. The van der Waals surface area contributed by atoms with Gasteiger partial charge in [-0.2, -0.15) is 0 Å². The summed E-state index contributed by atoms with van der Waals surface area (Å²) in [5.41, 5.74) is 0.887. The summed E-state index contributed by atoms with van der Waals surface area (Å²) in [4.78, 5) is 36.4. The lowest BCUT2D eigenvalue weighted by Gasteiger charge is -2.50. The van der Waals surface area contributed by atoms with Gasteiger partial charge in [0.2, 0.25) is 5.91 Å². The molecule has 1 aromatic heterocycles. The molecule has 154 valence electrons. The molecule has 1 fully saturated rings. The number of rotatable bonds is 3. The summed E-state index contributed by atoms with van der Waals surface area (Å²) < 4.78 is 32.6. The topological polar surface area (TPSA) is 78.5 Å². The number of methoxy groups -OCH3 is 1. The quantitative estimate of drug-likeness (QED) is 0.847. The molecule has 29 heavy (non-hydrogen) atoms. The minimum Gasteiger partial charge on any atom is -0.375 e. The van der Waals surface area contributed by atoms with Crippen LogP contribution in [0.5, 0.6) is 0 Å². The number of nitrogens with one attached hydrogen (secondary N) is 1. The van der Waals surface area contributed by atoms with E-state index in [1.54, 1.807) is 11.2 Å². The fourth-order valence-corrected chi connectivity index (χ4v) is 4.47. The Morgan fingerprint density at radius 1 is 1.24 bits per heavy atom. The van der Waals surface area contributed by atoms with Crippen LogP contribution in [0.25, 0.3) is 0 Å². The van der Waals surface area contributed by atoms with Crippen molar-refractivity contribution in [2.24, 2.45) is 0 Å². The van der Waals surface area contributed by atoms with Gasteiger partial charge in [-0.25, -0.2) is 13.8 Å². The van der Waals surface area contributed by atoms with Crippen molar-refractivity contribution in [2.75, 3.05) is 33.4 Å². The fraction of sp³-hybridized carbons (Fsp3) is 0.450. The minimum absolute atomic E-state index is 0.0291. The number of piperidine rings is 1. The zero-order valence-electron chi connectivity index (χ0n) is 16.1. The van der Waals surface area contributed by atoms with Crippen LogP contribution in [0.4, 0.5) is 8.78 Å². The Labute approximate surface area is 166 Å². The number of likely N-dealkylation sites (tertiary alicyclic amines) is 1. The highest BCUT2D eigenvalue weighted by atomic mass is 19.2. The van der Waals surface area contributed by atoms with Crippen LogP contribution >= 0.6 is 0 Å². The summed E-state index contributed by atoms with van der Waals surface area (Å²) in [5, 5.41) is 0. The maximum absolute atomic E-state index is 14.1. The van der Waals surface area contributed by atoms with Crippen molar-refractivity contribution in [3.8, 4) is 0 Å². The normalized spacial score (nSPS) is 18.0. The summed E-state index contributed by atoms with van der Waals surface area (Å²) >= 11 is 0. The number of hydrogen-bond donors (Lipinski definition) is 1. The molecule has 2 aliphatic rings. The van der Waals surface area contributed by atoms with Crippen molar-refractivity contribution in [3.63, 3.8) is 0 Å².